The fourth-order valence-electron chi connectivity index (χ4n) is 1.50. The van der Waals surface area contributed by atoms with Crippen LogP contribution in [0.1, 0.15) is 27.2 Å². The standard InChI is InChI=1S/C13H31N3/c1-12(2)11-14-8-7-13(3)16(6)10-9-15(4)5/h12-14H,7-11H2,1-6H3. The molecule has 1 N–H and O–H groups in total. The summed E-state index contributed by atoms with van der Waals surface area (Å²) in [6, 6.07) is 0.666. The number of nitrogens with zero attached hydrogens (tertiary/aromatic N) is 2. The van der Waals surface area contributed by atoms with E-state index >= 15 is 0 Å². The number of hydrogen-bond acceptors (Lipinski definition) is 3. The minimum atomic E-state index is 0.666. The normalized spacial score (nSPS) is 14.1. The van der Waals surface area contributed by atoms with Crippen molar-refractivity contribution in [2.45, 2.75) is 33.2 Å². The first-order valence-electron chi connectivity index (χ1n) is 6.49. The fourth-order valence-corrected chi connectivity index (χ4v) is 1.50. The Kier molecular flexibility index (Phi) is 8.90. The SMILES string of the molecule is CC(C)CNCCC(C)N(C)CCN(C)C. The van der Waals surface area contributed by atoms with Gasteiger partial charge < -0.3 is 15.1 Å². The molecule has 0 rings (SSSR count). The highest BCUT2D eigenvalue weighted by molar-refractivity contribution is 4.66. The average molecular weight is 229 g/mol. The summed E-state index contributed by atoms with van der Waals surface area (Å²) in [5.74, 6) is 0.752. The Morgan fingerprint density at radius 3 is 2.12 bits per heavy atom. The minimum absolute atomic E-state index is 0.666. The van der Waals surface area contributed by atoms with Gasteiger partial charge in [-0.3, -0.25) is 0 Å². The first-order valence-corrected chi connectivity index (χ1v) is 6.49. The summed E-state index contributed by atoms with van der Waals surface area (Å²) in [4.78, 5) is 4.68. The molecule has 1 atom stereocenters. The van der Waals surface area contributed by atoms with Crippen LogP contribution in [0.25, 0.3) is 0 Å². The molecule has 98 valence electrons. The van der Waals surface area contributed by atoms with Gasteiger partial charge in [0, 0.05) is 19.1 Å². The van der Waals surface area contributed by atoms with Gasteiger partial charge in [0.1, 0.15) is 0 Å². The summed E-state index contributed by atoms with van der Waals surface area (Å²) < 4.78 is 0. The maximum Gasteiger partial charge on any atom is 0.0109 e. The molecule has 0 aromatic rings. The molecule has 0 saturated carbocycles. The van der Waals surface area contributed by atoms with E-state index in [1.54, 1.807) is 0 Å². The molecule has 0 fully saturated rings. The molecule has 0 aliphatic carbocycles. The van der Waals surface area contributed by atoms with Crippen LogP contribution >= 0.6 is 0 Å². The molecule has 0 amide bonds. The molecular weight excluding hydrogens is 198 g/mol. The summed E-state index contributed by atoms with van der Waals surface area (Å²) in [6.45, 7) is 11.4. The Morgan fingerprint density at radius 2 is 1.62 bits per heavy atom. The van der Waals surface area contributed by atoms with Gasteiger partial charge in [-0.2, -0.15) is 0 Å². The molecule has 0 aromatic carbocycles. The zero-order valence-corrected chi connectivity index (χ0v) is 12.1. The lowest BCUT2D eigenvalue weighted by atomic mass is 10.2. The van der Waals surface area contributed by atoms with E-state index in [9.17, 15) is 0 Å². The highest BCUT2D eigenvalue weighted by Crippen LogP contribution is 2.00. The molecule has 0 heterocycles. The van der Waals surface area contributed by atoms with E-state index in [1.807, 2.05) is 0 Å². The predicted molar refractivity (Wildman–Crippen MR) is 73.0 cm³/mol. The summed E-state index contributed by atoms with van der Waals surface area (Å²) in [7, 11) is 6.47. The van der Waals surface area contributed by atoms with Crippen LogP contribution in [0, 0.1) is 5.92 Å². The van der Waals surface area contributed by atoms with Crippen LogP contribution < -0.4 is 5.32 Å². The van der Waals surface area contributed by atoms with Crippen molar-refractivity contribution in [1.82, 2.24) is 15.1 Å². The predicted octanol–water partition coefficient (Wildman–Crippen LogP) is 1.50. The summed E-state index contributed by atoms with van der Waals surface area (Å²) >= 11 is 0. The number of likely N-dealkylation sites (N-methyl/N-ethyl adjacent to an activating group) is 2. The summed E-state index contributed by atoms with van der Waals surface area (Å²) in [5, 5.41) is 3.50. The van der Waals surface area contributed by atoms with Gasteiger partial charge in [0.05, 0.1) is 0 Å². The molecule has 0 aromatic heterocycles. The van der Waals surface area contributed by atoms with Crippen LogP contribution in [-0.2, 0) is 0 Å². The Balaban J connectivity index is 3.51. The Morgan fingerprint density at radius 1 is 1.00 bits per heavy atom. The van der Waals surface area contributed by atoms with Gasteiger partial charge in [0.25, 0.3) is 0 Å². The van der Waals surface area contributed by atoms with Crippen LogP contribution in [0.3, 0.4) is 0 Å². The van der Waals surface area contributed by atoms with Gasteiger partial charge in [-0.05, 0) is 53.5 Å². The van der Waals surface area contributed by atoms with Gasteiger partial charge in [-0.1, -0.05) is 13.8 Å². The van der Waals surface area contributed by atoms with Crippen molar-refractivity contribution in [2.75, 3.05) is 47.3 Å². The third-order valence-corrected chi connectivity index (χ3v) is 2.94. The van der Waals surface area contributed by atoms with Gasteiger partial charge in [-0.15, -0.1) is 0 Å². The first kappa shape index (κ1) is 15.9. The maximum atomic E-state index is 3.50. The number of nitrogens with one attached hydrogen (secondary N) is 1. The molecule has 0 radical (unpaired) electrons. The Labute approximate surface area is 102 Å². The van der Waals surface area contributed by atoms with Gasteiger partial charge in [0.2, 0.25) is 0 Å². The Hall–Kier alpha value is -0.120. The largest absolute Gasteiger partial charge is 0.316 e. The Bertz CT molecular complexity index is 157. The van der Waals surface area contributed by atoms with Gasteiger partial charge in [-0.25, -0.2) is 0 Å². The second-order valence-electron chi connectivity index (χ2n) is 5.52. The van der Waals surface area contributed by atoms with E-state index in [2.05, 4.69) is 57.0 Å². The molecular formula is C13H31N3. The van der Waals surface area contributed by atoms with Crippen molar-refractivity contribution < 1.29 is 0 Å². The first-order chi connectivity index (χ1) is 7.43. The minimum Gasteiger partial charge on any atom is -0.316 e. The van der Waals surface area contributed by atoms with Gasteiger partial charge in [0.15, 0.2) is 0 Å². The zero-order chi connectivity index (χ0) is 12.6. The van der Waals surface area contributed by atoms with Crippen molar-refractivity contribution >= 4 is 0 Å². The van der Waals surface area contributed by atoms with Crippen molar-refractivity contribution in [3.63, 3.8) is 0 Å². The molecule has 16 heavy (non-hydrogen) atoms. The zero-order valence-electron chi connectivity index (χ0n) is 12.1. The number of rotatable bonds is 9. The van der Waals surface area contributed by atoms with Crippen molar-refractivity contribution in [1.29, 1.82) is 0 Å². The molecule has 3 nitrogen and oxygen atoms in total. The van der Waals surface area contributed by atoms with E-state index < -0.39 is 0 Å². The molecule has 0 spiro atoms. The van der Waals surface area contributed by atoms with Crippen LogP contribution in [-0.4, -0.2) is 63.2 Å². The second-order valence-corrected chi connectivity index (χ2v) is 5.52. The fraction of sp³-hybridized carbons (Fsp3) is 1.00. The van der Waals surface area contributed by atoms with Crippen LogP contribution in [0.5, 0.6) is 0 Å². The molecule has 0 saturated heterocycles. The average Bonchev–Trinajstić information content (AvgIpc) is 2.20. The topological polar surface area (TPSA) is 18.5 Å². The van der Waals surface area contributed by atoms with E-state index in [1.165, 1.54) is 6.42 Å². The van der Waals surface area contributed by atoms with Gasteiger partial charge >= 0.3 is 0 Å². The smallest absolute Gasteiger partial charge is 0.0109 e. The lowest BCUT2D eigenvalue weighted by Gasteiger charge is -2.26. The van der Waals surface area contributed by atoms with Crippen molar-refractivity contribution in [3.8, 4) is 0 Å². The maximum absolute atomic E-state index is 3.50. The van der Waals surface area contributed by atoms with E-state index in [4.69, 9.17) is 0 Å². The molecule has 0 bridgehead atoms. The molecule has 0 aliphatic rings. The third kappa shape index (κ3) is 9.13. The van der Waals surface area contributed by atoms with Crippen molar-refractivity contribution in [3.05, 3.63) is 0 Å². The number of hydrogen-bond donors (Lipinski definition) is 1. The summed E-state index contributed by atoms with van der Waals surface area (Å²) in [6.07, 6.45) is 1.23. The van der Waals surface area contributed by atoms with E-state index in [0.717, 1.165) is 32.1 Å². The van der Waals surface area contributed by atoms with Crippen LogP contribution in [0.2, 0.25) is 0 Å². The highest BCUT2D eigenvalue weighted by atomic mass is 15.2. The summed E-state index contributed by atoms with van der Waals surface area (Å²) in [5.41, 5.74) is 0. The molecule has 1 unspecified atom stereocenters. The molecule has 0 aliphatic heterocycles. The van der Waals surface area contributed by atoms with Crippen molar-refractivity contribution in [2.24, 2.45) is 5.92 Å². The second kappa shape index (κ2) is 8.97. The monoisotopic (exact) mass is 229 g/mol. The van der Waals surface area contributed by atoms with E-state index in [0.29, 0.717) is 6.04 Å². The lowest BCUT2D eigenvalue weighted by Crippen LogP contribution is -2.37. The van der Waals surface area contributed by atoms with Crippen LogP contribution in [0.15, 0.2) is 0 Å². The molecule has 3 heteroatoms. The quantitative estimate of drug-likeness (QED) is 0.605. The van der Waals surface area contributed by atoms with E-state index in [-0.39, 0.29) is 0 Å². The lowest BCUT2D eigenvalue weighted by molar-refractivity contribution is 0.219. The highest BCUT2D eigenvalue weighted by Gasteiger charge is 2.08. The van der Waals surface area contributed by atoms with Crippen LogP contribution in [0.4, 0.5) is 0 Å². The third-order valence-electron chi connectivity index (χ3n) is 2.94.